The summed E-state index contributed by atoms with van der Waals surface area (Å²) in [4.78, 5) is 14.9. The van der Waals surface area contributed by atoms with Gasteiger partial charge in [0, 0.05) is 37.9 Å². The maximum absolute atomic E-state index is 12.0. The fraction of sp³-hybridized carbons (Fsp3) is 0.583. The number of nitrogens with one attached hydrogen (secondary N) is 2. The molecule has 106 valence electrons. The Balaban J connectivity index is 1.79. The van der Waals surface area contributed by atoms with Crippen molar-refractivity contribution in [2.45, 2.75) is 19.4 Å². The largest absolute Gasteiger partial charge is 0.367 e. The Morgan fingerprint density at radius 2 is 2.16 bits per heavy atom. The van der Waals surface area contributed by atoms with Crippen LogP contribution in [0.5, 0.6) is 0 Å². The van der Waals surface area contributed by atoms with E-state index in [1.54, 1.807) is 0 Å². The number of aromatic amines is 1. The van der Waals surface area contributed by atoms with Gasteiger partial charge in [-0.1, -0.05) is 0 Å². The number of aromatic nitrogens is 1. The summed E-state index contributed by atoms with van der Waals surface area (Å²) in [6.07, 6.45) is 6.04. The van der Waals surface area contributed by atoms with Gasteiger partial charge >= 0.3 is 0 Å². The molecule has 2 N–H and O–H groups in total. The first-order chi connectivity index (χ1) is 8.97. The highest BCUT2D eigenvalue weighted by Crippen LogP contribution is 2.19. The second-order valence-corrected chi connectivity index (χ2v) is 6.86. The second kappa shape index (κ2) is 5.75. The zero-order valence-electron chi connectivity index (χ0n) is 10.9. The van der Waals surface area contributed by atoms with E-state index < -0.39 is 10.0 Å². The molecule has 0 saturated carbocycles. The number of H-pyrrole nitrogens is 1. The quantitative estimate of drug-likeness (QED) is 0.835. The van der Waals surface area contributed by atoms with Crippen LogP contribution in [0.2, 0.25) is 0 Å². The summed E-state index contributed by atoms with van der Waals surface area (Å²) in [6.45, 7) is 1.37. The molecule has 1 aromatic rings. The molecule has 1 aromatic heterocycles. The number of nitrogens with zero attached hydrogens (tertiary/aromatic N) is 1. The highest BCUT2D eigenvalue weighted by Gasteiger charge is 2.28. The smallest absolute Gasteiger partial charge is 0.223 e. The van der Waals surface area contributed by atoms with Gasteiger partial charge in [-0.2, -0.15) is 0 Å². The third-order valence-corrected chi connectivity index (χ3v) is 4.73. The van der Waals surface area contributed by atoms with E-state index in [4.69, 9.17) is 0 Å². The van der Waals surface area contributed by atoms with Crippen molar-refractivity contribution in [3.8, 4) is 0 Å². The van der Waals surface area contributed by atoms with Crippen LogP contribution in [0, 0.1) is 5.92 Å². The molecule has 0 unspecified atom stereocenters. The number of hydrogen-bond acceptors (Lipinski definition) is 3. The molecular weight excluding hydrogens is 266 g/mol. The normalized spacial score (nSPS) is 18.4. The molecule has 7 heteroatoms. The Kier molecular flexibility index (Phi) is 4.26. The molecule has 2 rings (SSSR count). The van der Waals surface area contributed by atoms with Crippen molar-refractivity contribution >= 4 is 15.9 Å². The van der Waals surface area contributed by atoms with Gasteiger partial charge in [0.15, 0.2) is 0 Å². The molecule has 0 spiro atoms. The first-order valence-electron chi connectivity index (χ1n) is 6.31. The Labute approximate surface area is 113 Å². The number of carbonyl (C=O) groups is 1. The van der Waals surface area contributed by atoms with Crippen LogP contribution in [0.25, 0.3) is 0 Å². The Morgan fingerprint density at radius 3 is 2.68 bits per heavy atom. The SMILES string of the molecule is CS(=O)(=O)N1CCC(C(=O)NCc2cc[nH]c2)CC1. The van der Waals surface area contributed by atoms with Crippen LogP contribution < -0.4 is 5.32 Å². The minimum Gasteiger partial charge on any atom is -0.367 e. The number of piperidine rings is 1. The summed E-state index contributed by atoms with van der Waals surface area (Å²) < 4.78 is 24.2. The summed E-state index contributed by atoms with van der Waals surface area (Å²) in [5.74, 6) is -0.0775. The molecule has 6 nitrogen and oxygen atoms in total. The zero-order valence-corrected chi connectivity index (χ0v) is 11.7. The predicted octanol–water partition coefficient (Wildman–Crippen LogP) is 0.303. The third kappa shape index (κ3) is 3.81. The second-order valence-electron chi connectivity index (χ2n) is 4.87. The third-order valence-electron chi connectivity index (χ3n) is 3.42. The van der Waals surface area contributed by atoms with E-state index in [2.05, 4.69) is 10.3 Å². The van der Waals surface area contributed by atoms with Gasteiger partial charge in [0.2, 0.25) is 15.9 Å². The van der Waals surface area contributed by atoms with Crippen molar-refractivity contribution in [1.29, 1.82) is 0 Å². The molecule has 0 bridgehead atoms. The standard InChI is InChI=1S/C12H19N3O3S/c1-19(17,18)15-6-3-11(4-7-15)12(16)14-9-10-2-5-13-8-10/h2,5,8,11,13H,3-4,6-7,9H2,1H3,(H,14,16). The van der Waals surface area contributed by atoms with Crippen molar-refractivity contribution in [1.82, 2.24) is 14.6 Å². The molecule has 0 aromatic carbocycles. The Morgan fingerprint density at radius 1 is 1.47 bits per heavy atom. The van der Waals surface area contributed by atoms with Gasteiger partial charge in [-0.25, -0.2) is 12.7 Å². The van der Waals surface area contributed by atoms with Crippen LogP contribution in [0.1, 0.15) is 18.4 Å². The van der Waals surface area contributed by atoms with Crippen molar-refractivity contribution in [2.24, 2.45) is 5.92 Å². The lowest BCUT2D eigenvalue weighted by Gasteiger charge is -2.29. The maximum Gasteiger partial charge on any atom is 0.223 e. The molecule has 1 fully saturated rings. The topological polar surface area (TPSA) is 82.3 Å². The molecule has 2 heterocycles. The molecule has 0 radical (unpaired) electrons. The molecule has 1 saturated heterocycles. The Bertz CT molecular complexity index is 516. The van der Waals surface area contributed by atoms with Gasteiger partial charge in [-0.15, -0.1) is 0 Å². The lowest BCUT2D eigenvalue weighted by molar-refractivity contribution is -0.126. The van der Waals surface area contributed by atoms with Crippen LogP contribution in [0.15, 0.2) is 18.5 Å². The summed E-state index contributed by atoms with van der Waals surface area (Å²) in [5.41, 5.74) is 1.03. The fourth-order valence-corrected chi connectivity index (χ4v) is 3.13. The van der Waals surface area contributed by atoms with E-state index in [0.717, 1.165) is 5.56 Å². The number of rotatable bonds is 4. The summed E-state index contributed by atoms with van der Waals surface area (Å²) in [7, 11) is -3.13. The van der Waals surface area contributed by atoms with Gasteiger partial charge in [0.1, 0.15) is 0 Å². The first-order valence-corrected chi connectivity index (χ1v) is 8.16. The predicted molar refractivity (Wildman–Crippen MR) is 71.8 cm³/mol. The van der Waals surface area contributed by atoms with E-state index in [1.807, 2.05) is 18.5 Å². The average molecular weight is 285 g/mol. The van der Waals surface area contributed by atoms with Gasteiger partial charge in [-0.3, -0.25) is 4.79 Å². The summed E-state index contributed by atoms with van der Waals surface area (Å²) in [6, 6.07) is 1.91. The van der Waals surface area contributed by atoms with Crippen LogP contribution >= 0.6 is 0 Å². The van der Waals surface area contributed by atoms with E-state index in [-0.39, 0.29) is 11.8 Å². The van der Waals surface area contributed by atoms with Crippen LogP contribution in [-0.4, -0.2) is 43.0 Å². The Hall–Kier alpha value is -1.34. The highest BCUT2D eigenvalue weighted by molar-refractivity contribution is 7.88. The fourth-order valence-electron chi connectivity index (χ4n) is 2.25. The lowest BCUT2D eigenvalue weighted by atomic mass is 9.97. The lowest BCUT2D eigenvalue weighted by Crippen LogP contribution is -2.42. The molecule has 0 atom stereocenters. The summed E-state index contributed by atoms with van der Waals surface area (Å²) >= 11 is 0. The number of carbonyl (C=O) groups excluding carboxylic acids is 1. The van der Waals surface area contributed by atoms with Crippen molar-refractivity contribution in [3.63, 3.8) is 0 Å². The number of hydrogen-bond donors (Lipinski definition) is 2. The zero-order chi connectivity index (χ0) is 13.9. The molecule has 0 aliphatic carbocycles. The van der Waals surface area contributed by atoms with E-state index in [1.165, 1.54) is 10.6 Å². The van der Waals surface area contributed by atoms with E-state index >= 15 is 0 Å². The van der Waals surface area contributed by atoms with Crippen molar-refractivity contribution in [2.75, 3.05) is 19.3 Å². The minimum absolute atomic E-state index is 0.00866. The molecular formula is C12H19N3O3S. The van der Waals surface area contributed by atoms with Crippen molar-refractivity contribution < 1.29 is 13.2 Å². The van der Waals surface area contributed by atoms with Gasteiger partial charge in [0.05, 0.1) is 6.26 Å². The minimum atomic E-state index is -3.13. The van der Waals surface area contributed by atoms with Crippen LogP contribution in [0.3, 0.4) is 0 Å². The maximum atomic E-state index is 12.0. The first kappa shape index (κ1) is 14.1. The average Bonchev–Trinajstić information content (AvgIpc) is 2.88. The molecule has 1 aliphatic heterocycles. The van der Waals surface area contributed by atoms with Crippen LogP contribution in [0.4, 0.5) is 0 Å². The van der Waals surface area contributed by atoms with Gasteiger partial charge < -0.3 is 10.3 Å². The van der Waals surface area contributed by atoms with E-state index in [9.17, 15) is 13.2 Å². The van der Waals surface area contributed by atoms with Gasteiger partial charge in [-0.05, 0) is 24.5 Å². The monoisotopic (exact) mass is 285 g/mol. The highest BCUT2D eigenvalue weighted by atomic mass is 32.2. The van der Waals surface area contributed by atoms with Gasteiger partial charge in [0.25, 0.3) is 0 Å². The van der Waals surface area contributed by atoms with E-state index in [0.29, 0.717) is 32.5 Å². The van der Waals surface area contributed by atoms with Crippen LogP contribution in [-0.2, 0) is 21.4 Å². The molecule has 1 aliphatic rings. The molecule has 1 amide bonds. The molecule has 19 heavy (non-hydrogen) atoms. The summed E-state index contributed by atoms with van der Waals surface area (Å²) in [5, 5.41) is 2.88. The number of sulfonamides is 1. The van der Waals surface area contributed by atoms with Crippen molar-refractivity contribution in [3.05, 3.63) is 24.0 Å². The number of amides is 1.